The molecule has 0 bridgehead atoms. The van der Waals surface area contributed by atoms with Gasteiger partial charge in [-0.15, -0.1) is 11.3 Å². The van der Waals surface area contributed by atoms with Crippen molar-refractivity contribution >= 4 is 38.6 Å². The molecule has 1 unspecified atom stereocenters. The van der Waals surface area contributed by atoms with Gasteiger partial charge >= 0.3 is 0 Å². The predicted molar refractivity (Wildman–Crippen MR) is 88.4 cm³/mol. The quantitative estimate of drug-likeness (QED) is 0.818. The molecule has 0 saturated carbocycles. The molecule has 1 aromatic carbocycles. The summed E-state index contributed by atoms with van der Waals surface area (Å²) < 4.78 is 27.4. The summed E-state index contributed by atoms with van der Waals surface area (Å²) in [5, 5.41) is 0.127. The highest BCUT2D eigenvalue weighted by atomic mass is 35.5. The van der Waals surface area contributed by atoms with E-state index >= 15 is 0 Å². The van der Waals surface area contributed by atoms with Crippen molar-refractivity contribution in [2.24, 2.45) is 0 Å². The van der Waals surface area contributed by atoms with Gasteiger partial charge in [-0.25, -0.2) is 13.1 Å². The largest absolute Gasteiger partial charge is 0.398 e. The molecule has 21 heavy (non-hydrogen) atoms. The Balaban J connectivity index is 2.17. The second-order valence-electron chi connectivity index (χ2n) is 4.90. The van der Waals surface area contributed by atoms with Crippen LogP contribution in [0.3, 0.4) is 0 Å². The van der Waals surface area contributed by atoms with Crippen LogP contribution < -0.4 is 10.5 Å². The second kappa shape index (κ2) is 6.36. The highest BCUT2D eigenvalue weighted by Crippen LogP contribution is 2.27. The molecular formula is C14H17ClN2O2S2. The molecule has 0 spiro atoms. The first-order valence-electron chi connectivity index (χ1n) is 6.41. The monoisotopic (exact) mass is 344 g/mol. The zero-order valence-corrected chi connectivity index (χ0v) is 14.1. The van der Waals surface area contributed by atoms with Gasteiger partial charge in [-0.2, -0.15) is 0 Å². The molecule has 1 aromatic heterocycles. The average molecular weight is 345 g/mol. The zero-order chi connectivity index (χ0) is 15.6. The number of rotatable bonds is 5. The van der Waals surface area contributed by atoms with Crippen molar-refractivity contribution in [1.29, 1.82) is 0 Å². The Morgan fingerprint density at radius 1 is 1.33 bits per heavy atom. The molecule has 0 amide bonds. The predicted octanol–water partition coefficient (Wildman–Crippen LogP) is 3.20. The van der Waals surface area contributed by atoms with E-state index in [0.29, 0.717) is 6.42 Å². The maximum atomic E-state index is 12.4. The molecule has 1 atom stereocenters. The van der Waals surface area contributed by atoms with Crippen molar-refractivity contribution in [2.75, 3.05) is 5.73 Å². The summed E-state index contributed by atoms with van der Waals surface area (Å²) in [5.74, 6) is 0. The van der Waals surface area contributed by atoms with E-state index in [1.54, 1.807) is 17.4 Å². The molecule has 2 aromatic rings. The number of nitrogens with one attached hydrogen (secondary N) is 1. The summed E-state index contributed by atoms with van der Waals surface area (Å²) in [6.45, 7) is 3.84. The SMILES string of the molecule is Cc1ccc(CC(C)NS(=O)(=O)c2c(N)cccc2Cl)s1. The molecule has 0 saturated heterocycles. The molecule has 114 valence electrons. The van der Waals surface area contributed by atoms with Crippen LogP contribution in [0.2, 0.25) is 5.02 Å². The summed E-state index contributed by atoms with van der Waals surface area (Å²) in [6.07, 6.45) is 0.627. The van der Waals surface area contributed by atoms with E-state index in [1.165, 1.54) is 17.0 Å². The van der Waals surface area contributed by atoms with Crippen LogP contribution in [0.25, 0.3) is 0 Å². The smallest absolute Gasteiger partial charge is 0.244 e. The van der Waals surface area contributed by atoms with Crippen LogP contribution in [0.1, 0.15) is 16.7 Å². The van der Waals surface area contributed by atoms with Crippen LogP contribution >= 0.6 is 22.9 Å². The van der Waals surface area contributed by atoms with Crippen molar-refractivity contribution < 1.29 is 8.42 Å². The summed E-state index contributed by atoms with van der Waals surface area (Å²) in [7, 11) is -3.74. The highest BCUT2D eigenvalue weighted by molar-refractivity contribution is 7.89. The minimum atomic E-state index is -3.74. The fraction of sp³-hybridized carbons (Fsp3) is 0.286. The number of sulfonamides is 1. The van der Waals surface area contributed by atoms with E-state index in [-0.39, 0.29) is 21.6 Å². The Kier molecular flexibility index (Phi) is 4.93. The van der Waals surface area contributed by atoms with E-state index in [0.717, 1.165) is 4.88 Å². The fourth-order valence-corrected chi connectivity index (χ4v) is 5.01. The lowest BCUT2D eigenvalue weighted by atomic mass is 10.2. The van der Waals surface area contributed by atoms with E-state index in [1.807, 2.05) is 26.0 Å². The van der Waals surface area contributed by atoms with Crippen molar-refractivity contribution in [1.82, 2.24) is 4.72 Å². The van der Waals surface area contributed by atoms with Gasteiger partial charge in [0.25, 0.3) is 0 Å². The number of nitrogens with two attached hydrogens (primary N) is 1. The molecule has 0 aliphatic rings. The van der Waals surface area contributed by atoms with Crippen LogP contribution in [-0.4, -0.2) is 14.5 Å². The average Bonchev–Trinajstić information content (AvgIpc) is 2.72. The first kappa shape index (κ1) is 16.3. The van der Waals surface area contributed by atoms with Crippen LogP contribution in [-0.2, 0) is 16.4 Å². The number of anilines is 1. The van der Waals surface area contributed by atoms with Gasteiger partial charge < -0.3 is 5.73 Å². The third-order valence-corrected chi connectivity index (χ3v) is 6.08. The number of halogens is 1. The van der Waals surface area contributed by atoms with Gasteiger partial charge in [0, 0.05) is 15.8 Å². The highest BCUT2D eigenvalue weighted by Gasteiger charge is 2.23. The van der Waals surface area contributed by atoms with Crippen LogP contribution in [0, 0.1) is 6.92 Å². The number of benzene rings is 1. The van der Waals surface area contributed by atoms with Crippen LogP contribution in [0.5, 0.6) is 0 Å². The second-order valence-corrected chi connectivity index (χ2v) is 8.33. The van der Waals surface area contributed by atoms with Gasteiger partial charge in [0.15, 0.2) is 0 Å². The summed E-state index contributed by atoms with van der Waals surface area (Å²) in [6, 6.07) is 8.44. The summed E-state index contributed by atoms with van der Waals surface area (Å²) in [5.41, 5.74) is 5.88. The minimum Gasteiger partial charge on any atom is -0.398 e. The van der Waals surface area contributed by atoms with E-state index in [4.69, 9.17) is 17.3 Å². The van der Waals surface area contributed by atoms with Gasteiger partial charge in [-0.1, -0.05) is 17.7 Å². The molecule has 7 heteroatoms. The molecule has 0 radical (unpaired) electrons. The van der Waals surface area contributed by atoms with E-state index in [9.17, 15) is 8.42 Å². The standard InChI is InChI=1S/C14H17ClN2O2S2/c1-9(8-11-7-6-10(2)20-11)17-21(18,19)14-12(15)4-3-5-13(14)16/h3-7,9,17H,8,16H2,1-2H3. The molecule has 1 heterocycles. The number of aryl methyl sites for hydroxylation is 1. The van der Waals surface area contributed by atoms with Gasteiger partial charge in [0.05, 0.1) is 10.7 Å². The zero-order valence-electron chi connectivity index (χ0n) is 11.8. The van der Waals surface area contributed by atoms with Gasteiger partial charge in [-0.05, 0) is 44.5 Å². The lowest BCUT2D eigenvalue weighted by molar-refractivity contribution is 0.561. The normalized spacial score (nSPS) is 13.3. The Morgan fingerprint density at radius 3 is 2.62 bits per heavy atom. The molecule has 0 fully saturated rings. The summed E-state index contributed by atoms with van der Waals surface area (Å²) in [4.78, 5) is 2.28. The number of hydrogen-bond donors (Lipinski definition) is 2. The maximum absolute atomic E-state index is 12.4. The molecular weight excluding hydrogens is 328 g/mol. The lowest BCUT2D eigenvalue weighted by Crippen LogP contribution is -2.34. The van der Waals surface area contributed by atoms with Gasteiger partial charge in [0.1, 0.15) is 4.90 Å². The molecule has 4 nitrogen and oxygen atoms in total. The van der Waals surface area contributed by atoms with Crippen LogP contribution in [0.15, 0.2) is 35.2 Å². The molecule has 2 rings (SSSR count). The fourth-order valence-electron chi connectivity index (χ4n) is 2.07. The van der Waals surface area contributed by atoms with Crippen molar-refractivity contribution in [3.63, 3.8) is 0 Å². The first-order chi connectivity index (χ1) is 9.79. The van der Waals surface area contributed by atoms with E-state index < -0.39 is 10.0 Å². The van der Waals surface area contributed by atoms with Crippen molar-refractivity contribution in [2.45, 2.75) is 31.2 Å². The molecule has 3 N–H and O–H groups in total. The van der Waals surface area contributed by atoms with Crippen molar-refractivity contribution in [3.05, 3.63) is 45.1 Å². The number of thiophene rings is 1. The minimum absolute atomic E-state index is 0.0547. The maximum Gasteiger partial charge on any atom is 0.244 e. The number of nitrogen functional groups attached to an aromatic ring is 1. The topological polar surface area (TPSA) is 72.2 Å². The Morgan fingerprint density at radius 2 is 2.05 bits per heavy atom. The molecule has 0 aliphatic heterocycles. The summed E-state index contributed by atoms with van der Waals surface area (Å²) >= 11 is 7.62. The Labute approximate surface area is 134 Å². The van der Waals surface area contributed by atoms with Crippen LogP contribution in [0.4, 0.5) is 5.69 Å². The third-order valence-electron chi connectivity index (χ3n) is 2.93. The lowest BCUT2D eigenvalue weighted by Gasteiger charge is -2.15. The van der Waals surface area contributed by atoms with Crippen molar-refractivity contribution in [3.8, 4) is 0 Å². The van der Waals surface area contributed by atoms with Gasteiger partial charge in [-0.3, -0.25) is 0 Å². The Bertz CT molecular complexity index is 721. The first-order valence-corrected chi connectivity index (χ1v) is 9.09. The third kappa shape index (κ3) is 3.97. The Hall–Kier alpha value is -1.08. The van der Waals surface area contributed by atoms with Gasteiger partial charge in [0.2, 0.25) is 10.0 Å². The molecule has 0 aliphatic carbocycles. The van der Waals surface area contributed by atoms with E-state index in [2.05, 4.69) is 4.72 Å². The number of hydrogen-bond acceptors (Lipinski definition) is 4.